The summed E-state index contributed by atoms with van der Waals surface area (Å²) in [4.78, 5) is 48.3. The number of carbonyl (C=O) groups is 2. The van der Waals surface area contributed by atoms with E-state index in [1.165, 1.54) is 19.3 Å². The smallest absolute Gasteiger partial charge is 0.415 e. The maximum Gasteiger partial charge on any atom is 0.415 e. The van der Waals surface area contributed by atoms with Gasteiger partial charge in [0, 0.05) is 43.2 Å². The van der Waals surface area contributed by atoms with Crippen molar-refractivity contribution in [2.75, 3.05) is 26.2 Å². The minimum Gasteiger partial charge on any atom is -0.458 e. The number of hydrogen-bond donors (Lipinski definition) is 1. The number of allylic oxidation sites excluding steroid dienone is 1. The number of nitrogens with zero attached hydrogens (tertiary/aromatic N) is 4. The number of amides is 1. The Morgan fingerprint density at radius 3 is 2.55 bits per heavy atom. The van der Waals surface area contributed by atoms with E-state index in [0.29, 0.717) is 72.5 Å². The maximum absolute atomic E-state index is 13.3. The monoisotopic (exact) mass is 602 g/mol. The Hall–Kier alpha value is -3.76. The third-order valence-corrected chi connectivity index (χ3v) is 9.78. The lowest BCUT2D eigenvalue weighted by molar-refractivity contribution is -0.172. The Morgan fingerprint density at radius 1 is 1.09 bits per heavy atom. The fourth-order valence-electron chi connectivity index (χ4n) is 6.98. The highest BCUT2D eigenvalue weighted by Crippen LogP contribution is 2.36. The van der Waals surface area contributed by atoms with Crippen LogP contribution in [-0.4, -0.2) is 69.5 Å². The van der Waals surface area contributed by atoms with Crippen LogP contribution in [0.25, 0.3) is 5.57 Å². The topological polar surface area (TPSA) is 114 Å². The van der Waals surface area contributed by atoms with Gasteiger partial charge in [-0.3, -0.25) is 9.79 Å². The number of cyclic esters (lactones) is 1. The van der Waals surface area contributed by atoms with Gasteiger partial charge in [0.1, 0.15) is 12.4 Å². The number of aliphatic imine (C=N–C) groups is 1. The second-order valence-corrected chi connectivity index (χ2v) is 12.3. The first-order chi connectivity index (χ1) is 21.2. The van der Waals surface area contributed by atoms with Crippen LogP contribution in [0.1, 0.15) is 87.6 Å². The van der Waals surface area contributed by atoms with Gasteiger partial charge < -0.3 is 28.9 Å². The van der Waals surface area contributed by atoms with Crippen LogP contribution >= 0.6 is 0 Å². The number of benzene rings is 1. The van der Waals surface area contributed by atoms with Gasteiger partial charge in [0.25, 0.3) is 5.56 Å². The number of aromatic nitrogens is 1. The molecule has 1 amide bonds. The van der Waals surface area contributed by atoms with Crippen molar-refractivity contribution in [2.24, 2.45) is 4.99 Å². The highest BCUT2D eigenvalue weighted by Gasteiger charge is 2.45. The summed E-state index contributed by atoms with van der Waals surface area (Å²) < 4.78 is 12.6. The molecule has 2 fully saturated rings. The molecule has 2 aromatic rings. The zero-order valence-corrected chi connectivity index (χ0v) is 25.8. The van der Waals surface area contributed by atoms with Crippen LogP contribution < -0.4 is 10.3 Å². The molecule has 1 N–H and O–H groups in total. The average molecular weight is 603 g/mol. The maximum atomic E-state index is 13.3. The fraction of sp³-hybridized carbons (Fsp3) is 0.529. The molecule has 0 bridgehead atoms. The number of aliphatic hydroxyl groups is 1. The molecule has 4 aliphatic rings. The van der Waals surface area contributed by atoms with Gasteiger partial charge in [0.15, 0.2) is 5.60 Å². The van der Waals surface area contributed by atoms with E-state index in [4.69, 9.17) is 14.5 Å². The zero-order chi connectivity index (χ0) is 31.0. The fourth-order valence-corrected chi connectivity index (χ4v) is 6.98. The molecule has 2 saturated heterocycles. The summed E-state index contributed by atoms with van der Waals surface area (Å²) in [6, 6.07) is 7.62. The largest absolute Gasteiger partial charge is 0.458 e. The molecule has 0 aliphatic carbocycles. The Kier molecular flexibility index (Phi) is 8.48. The number of carbonyl (C=O) groups excluding carboxylic acids is 2. The predicted octanol–water partition coefficient (Wildman–Crippen LogP) is 4.90. The number of fused-ring (bicyclic) bond motifs is 2. The van der Waals surface area contributed by atoms with Crippen LogP contribution in [0.2, 0.25) is 0 Å². The normalized spacial score (nSPS) is 23.3. The second-order valence-electron chi connectivity index (χ2n) is 12.3. The molecule has 0 radical (unpaired) electrons. The van der Waals surface area contributed by atoms with E-state index >= 15 is 0 Å². The summed E-state index contributed by atoms with van der Waals surface area (Å²) in [5, 5.41) is 11.1. The van der Waals surface area contributed by atoms with Gasteiger partial charge in [-0.15, -0.1) is 0 Å². The SMILES string of the molecule is C=C(CC)c1cc(OC(=O)N2CCC(N3CCCCC3)CC2)ccc1N=C1CCn2c1cc1c(c2=O)COC(=O)[C@]1(O)CC. The number of ether oxygens (including phenoxy) is 2. The van der Waals surface area contributed by atoms with E-state index in [1.807, 2.05) is 19.1 Å². The van der Waals surface area contributed by atoms with Crippen molar-refractivity contribution >= 4 is 29.0 Å². The second kappa shape index (κ2) is 12.3. The van der Waals surface area contributed by atoms with E-state index in [0.717, 1.165) is 37.1 Å². The van der Waals surface area contributed by atoms with Crippen LogP contribution in [0, 0.1) is 0 Å². The lowest BCUT2D eigenvalue weighted by atomic mass is 9.86. The summed E-state index contributed by atoms with van der Waals surface area (Å²) in [5.74, 6) is -0.309. The number of hydrogen-bond acceptors (Lipinski definition) is 8. The summed E-state index contributed by atoms with van der Waals surface area (Å²) in [7, 11) is 0. The Labute approximate surface area is 258 Å². The van der Waals surface area contributed by atoms with E-state index < -0.39 is 11.6 Å². The molecule has 0 spiro atoms. The molecule has 6 rings (SSSR count). The van der Waals surface area contributed by atoms with Gasteiger partial charge >= 0.3 is 12.1 Å². The van der Waals surface area contributed by atoms with Crippen molar-refractivity contribution in [3.8, 4) is 5.75 Å². The highest BCUT2D eigenvalue weighted by molar-refractivity contribution is 6.03. The number of piperidine rings is 2. The Balaban J connectivity index is 1.23. The van der Waals surface area contributed by atoms with Crippen molar-refractivity contribution < 1.29 is 24.2 Å². The van der Waals surface area contributed by atoms with Crippen molar-refractivity contribution in [2.45, 2.75) is 90.0 Å². The number of likely N-dealkylation sites (tertiary alicyclic amines) is 2. The van der Waals surface area contributed by atoms with Gasteiger partial charge in [-0.2, -0.15) is 0 Å². The van der Waals surface area contributed by atoms with Crippen molar-refractivity contribution in [1.29, 1.82) is 0 Å². The van der Waals surface area contributed by atoms with Crippen LogP contribution in [-0.2, 0) is 28.3 Å². The summed E-state index contributed by atoms with van der Waals surface area (Å²) in [6.45, 7) is 11.9. The first-order valence-electron chi connectivity index (χ1n) is 16.0. The first kappa shape index (κ1) is 30.3. The molecule has 10 nitrogen and oxygen atoms in total. The average Bonchev–Trinajstić information content (AvgIpc) is 3.46. The standard InChI is InChI=1S/C34H42N4O6/c1-4-22(3)25-19-24(44-33(41)37-16-11-23(12-17-37)36-14-7-6-8-15-36)9-10-28(25)35-29-13-18-38-30(29)20-27-26(31(38)39)21-43-32(40)34(27,42)5-2/h9-10,19-20,23,42H,3-8,11-18,21H2,1-2H3/t34-/m0/s1. The van der Waals surface area contributed by atoms with Crippen LogP contribution in [0.15, 0.2) is 40.6 Å². The van der Waals surface area contributed by atoms with Gasteiger partial charge in [-0.25, -0.2) is 9.59 Å². The van der Waals surface area contributed by atoms with Gasteiger partial charge in [-0.1, -0.05) is 26.8 Å². The third kappa shape index (κ3) is 5.49. The molecular formula is C34H42N4O6. The molecule has 44 heavy (non-hydrogen) atoms. The van der Waals surface area contributed by atoms with Crippen LogP contribution in [0.5, 0.6) is 5.75 Å². The first-order valence-corrected chi connectivity index (χ1v) is 16.0. The molecule has 4 aliphatic heterocycles. The van der Waals surface area contributed by atoms with Gasteiger partial charge in [0.2, 0.25) is 0 Å². The number of esters is 1. The summed E-state index contributed by atoms with van der Waals surface area (Å²) in [5.41, 5.74) is 1.96. The van der Waals surface area contributed by atoms with Crippen molar-refractivity contribution in [1.82, 2.24) is 14.4 Å². The molecule has 234 valence electrons. The molecule has 1 aromatic carbocycles. The van der Waals surface area contributed by atoms with E-state index in [-0.39, 0.29) is 24.7 Å². The number of rotatable bonds is 6. The van der Waals surface area contributed by atoms with Gasteiger partial charge in [-0.05, 0) is 81.5 Å². The minimum atomic E-state index is -1.87. The Bertz CT molecular complexity index is 1560. The number of pyridine rings is 1. The van der Waals surface area contributed by atoms with Crippen LogP contribution in [0.4, 0.5) is 10.5 Å². The molecule has 0 unspecified atom stereocenters. The summed E-state index contributed by atoms with van der Waals surface area (Å²) >= 11 is 0. The molecule has 1 atom stereocenters. The zero-order valence-electron chi connectivity index (χ0n) is 25.8. The van der Waals surface area contributed by atoms with Crippen LogP contribution in [0.3, 0.4) is 0 Å². The molecular weight excluding hydrogens is 560 g/mol. The van der Waals surface area contributed by atoms with Crippen molar-refractivity contribution in [3.63, 3.8) is 0 Å². The van der Waals surface area contributed by atoms with E-state index in [1.54, 1.807) is 28.5 Å². The lowest BCUT2D eigenvalue weighted by Gasteiger charge is -2.39. The summed E-state index contributed by atoms with van der Waals surface area (Å²) in [6.07, 6.45) is 6.71. The minimum absolute atomic E-state index is 0.0886. The Morgan fingerprint density at radius 2 is 1.84 bits per heavy atom. The quantitative estimate of drug-likeness (QED) is 0.468. The third-order valence-electron chi connectivity index (χ3n) is 9.78. The van der Waals surface area contributed by atoms with Gasteiger partial charge in [0.05, 0.1) is 22.7 Å². The lowest BCUT2D eigenvalue weighted by Crippen LogP contribution is -2.48. The molecule has 1 aromatic heterocycles. The molecule has 5 heterocycles. The van der Waals surface area contributed by atoms with E-state index in [2.05, 4.69) is 11.5 Å². The van der Waals surface area contributed by atoms with Crippen molar-refractivity contribution in [3.05, 3.63) is 63.6 Å². The predicted molar refractivity (Wildman–Crippen MR) is 167 cm³/mol. The molecule has 10 heteroatoms. The molecule has 0 saturated carbocycles. The van der Waals surface area contributed by atoms with E-state index in [9.17, 15) is 19.5 Å². The highest BCUT2D eigenvalue weighted by atomic mass is 16.6.